The molecule has 3 N–H and O–H groups in total. The fourth-order valence-corrected chi connectivity index (χ4v) is 3.57. The van der Waals surface area contributed by atoms with E-state index in [1.807, 2.05) is 19.9 Å². The van der Waals surface area contributed by atoms with E-state index in [0.29, 0.717) is 24.7 Å². The summed E-state index contributed by atoms with van der Waals surface area (Å²) in [6.07, 6.45) is 3.02. The second-order valence-corrected chi connectivity index (χ2v) is 8.10. The largest absolute Gasteiger partial charge is 0.393 e. The Hall–Kier alpha value is -3.12. The van der Waals surface area contributed by atoms with Gasteiger partial charge in [-0.2, -0.15) is 10.2 Å². The van der Waals surface area contributed by atoms with Crippen molar-refractivity contribution in [2.45, 2.75) is 45.3 Å². The van der Waals surface area contributed by atoms with Gasteiger partial charge in [-0.3, -0.25) is 4.79 Å². The van der Waals surface area contributed by atoms with Gasteiger partial charge in [0.25, 0.3) is 0 Å². The molecule has 0 amide bonds. The Morgan fingerprint density at radius 1 is 1.37 bits per heavy atom. The van der Waals surface area contributed by atoms with E-state index in [2.05, 4.69) is 20.6 Å². The number of benzene rings is 1. The average Bonchev–Trinajstić information content (AvgIpc) is 2.69. The number of anilines is 2. The van der Waals surface area contributed by atoms with E-state index >= 15 is 0 Å². The number of carbonyl (C=O) groups excluding carboxylic acids is 1. The van der Waals surface area contributed by atoms with Gasteiger partial charge in [-0.25, -0.2) is 13.8 Å². The molecule has 0 bridgehead atoms. The van der Waals surface area contributed by atoms with Crippen molar-refractivity contribution in [3.05, 3.63) is 47.2 Å². The minimum atomic E-state index is -0.938. The molecule has 1 aliphatic rings. The lowest BCUT2D eigenvalue weighted by atomic mass is 9.73. The van der Waals surface area contributed by atoms with Crippen LogP contribution in [0.4, 0.5) is 20.5 Å². The molecule has 9 heteroatoms. The summed E-state index contributed by atoms with van der Waals surface area (Å²) in [4.78, 5) is 20.5. The first-order chi connectivity index (χ1) is 14.2. The Morgan fingerprint density at radius 3 is 2.80 bits per heavy atom. The number of nitriles is 1. The van der Waals surface area contributed by atoms with Crippen molar-refractivity contribution in [1.82, 2.24) is 9.97 Å². The second kappa shape index (κ2) is 8.71. The molecule has 1 aromatic heterocycles. The van der Waals surface area contributed by atoms with E-state index < -0.39 is 17.4 Å². The molecular formula is C21H23F2N5O2. The number of hydrogen-bond acceptors (Lipinski definition) is 7. The summed E-state index contributed by atoms with van der Waals surface area (Å²) in [7, 11) is 0. The molecule has 158 valence electrons. The highest BCUT2D eigenvalue weighted by atomic mass is 19.1. The highest BCUT2D eigenvalue weighted by Gasteiger charge is 2.35. The van der Waals surface area contributed by atoms with E-state index in [-0.39, 0.29) is 41.2 Å². The highest BCUT2D eigenvalue weighted by Crippen LogP contribution is 2.36. The van der Waals surface area contributed by atoms with Crippen LogP contribution < -0.4 is 10.6 Å². The minimum Gasteiger partial charge on any atom is -0.393 e. The van der Waals surface area contributed by atoms with Crippen molar-refractivity contribution < 1.29 is 18.7 Å². The van der Waals surface area contributed by atoms with Crippen LogP contribution in [0.5, 0.6) is 0 Å². The Morgan fingerprint density at radius 2 is 2.13 bits per heavy atom. The van der Waals surface area contributed by atoms with Crippen LogP contribution in [0.1, 0.15) is 49.0 Å². The predicted octanol–water partition coefficient (Wildman–Crippen LogP) is 3.27. The monoisotopic (exact) mass is 415 g/mol. The molecule has 1 heterocycles. The number of nitrogens with zero attached hydrogens (tertiary/aromatic N) is 3. The molecule has 2 aromatic rings. The summed E-state index contributed by atoms with van der Waals surface area (Å²) in [6, 6.07) is 4.80. The number of nitrogens with one attached hydrogen (secondary N) is 2. The second-order valence-electron chi connectivity index (χ2n) is 8.10. The van der Waals surface area contributed by atoms with E-state index in [1.54, 1.807) is 0 Å². The Kier molecular flexibility index (Phi) is 6.27. The Labute approximate surface area is 173 Å². The number of aromatic nitrogens is 2. The molecule has 7 nitrogen and oxygen atoms in total. The SMILES string of the molecule is CC1(C)C[C@H](Nc2nc(NCC(=O)c3ccc(F)cc3F)ncc2C#N)CC[C@@H]1O. The van der Waals surface area contributed by atoms with Crippen molar-refractivity contribution in [1.29, 1.82) is 5.26 Å². The lowest BCUT2D eigenvalue weighted by Gasteiger charge is -2.40. The molecular weight excluding hydrogens is 392 g/mol. The summed E-state index contributed by atoms with van der Waals surface area (Å²) >= 11 is 0. The molecule has 1 aromatic carbocycles. The maximum absolute atomic E-state index is 13.8. The Balaban J connectivity index is 1.70. The van der Waals surface area contributed by atoms with Crippen LogP contribution in [0.15, 0.2) is 24.4 Å². The number of carbonyl (C=O) groups is 1. The van der Waals surface area contributed by atoms with E-state index in [4.69, 9.17) is 0 Å². The number of halogens is 2. The zero-order chi connectivity index (χ0) is 21.9. The maximum atomic E-state index is 13.8. The van der Waals surface area contributed by atoms with Crippen LogP contribution >= 0.6 is 0 Å². The molecule has 0 aliphatic heterocycles. The number of Topliss-reactive ketones (excluding diaryl/α,β-unsaturated/α-hetero) is 1. The minimum absolute atomic E-state index is 0.0215. The molecule has 30 heavy (non-hydrogen) atoms. The van der Waals surface area contributed by atoms with Gasteiger partial charge in [-0.05, 0) is 36.8 Å². The van der Waals surface area contributed by atoms with E-state index in [1.165, 1.54) is 6.20 Å². The quantitative estimate of drug-likeness (QED) is 0.621. The summed E-state index contributed by atoms with van der Waals surface area (Å²) < 4.78 is 26.8. The smallest absolute Gasteiger partial charge is 0.225 e. The average molecular weight is 415 g/mol. The van der Waals surface area contributed by atoms with Crippen LogP contribution in [0.25, 0.3) is 0 Å². The van der Waals surface area contributed by atoms with Gasteiger partial charge in [0.2, 0.25) is 5.95 Å². The third kappa shape index (κ3) is 4.89. The fourth-order valence-electron chi connectivity index (χ4n) is 3.57. The van der Waals surface area contributed by atoms with Crippen LogP contribution in [-0.2, 0) is 0 Å². The van der Waals surface area contributed by atoms with Gasteiger partial charge < -0.3 is 15.7 Å². The number of rotatable bonds is 6. The van der Waals surface area contributed by atoms with Crippen molar-refractivity contribution in [3.8, 4) is 6.07 Å². The van der Waals surface area contributed by atoms with Gasteiger partial charge >= 0.3 is 0 Å². The van der Waals surface area contributed by atoms with E-state index in [9.17, 15) is 23.9 Å². The number of ketones is 1. The third-order valence-electron chi connectivity index (χ3n) is 5.35. The molecule has 1 aliphatic carbocycles. The topological polar surface area (TPSA) is 111 Å². The maximum Gasteiger partial charge on any atom is 0.225 e. The summed E-state index contributed by atoms with van der Waals surface area (Å²) in [5.74, 6) is -1.86. The van der Waals surface area contributed by atoms with Crippen molar-refractivity contribution in [2.75, 3.05) is 17.2 Å². The van der Waals surface area contributed by atoms with Gasteiger partial charge in [0.05, 0.1) is 24.4 Å². The molecule has 0 unspecified atom stereocenters. The van der Waals surface area contributed by atoms with E-state index in [0.717, 1.165) is 18.6 Å². The normalized spacial score (nSPS) is 20.3. The van der Waals surface area contributed by atoms with Crippen molar-refractivity contribution >= 4 is 17.5 Å². The fraction of sp³-hybridized carbons (Fsp3) is 0.429. The van der Waals surface area contributed by atoms with Crippen LogP contribution in [0, 0.1) is 28.4 Å². The first kappa shape index (κ1) is 21.6. The first-order valence-corrected chi connectivity index (χ1v) is 9.63. The Bertz CT molecular complexity index is 990. The molecule has 0 spiro atoms. The number of aliphatic hydroxyl groups excluding tert-OH is 1. The van der Waals surface area contributed by atoms with Gasteiger partial charge in [0.1, 0.15) is 29.1 Å². The number of aliphatic hydroxyl groups is 1. The lowest BCUT2D eigenvalue weighted by Crippen LogP contribution is -2.41. The lowest BCUT2D eigenvalue weighted by molar-refractivity contribution is 0.00926. The van der Waals surface area contributed by atoms with Gasteiger partial charge in [0.15, 0.2) is 5.78 Å². The molecule has 2 atom stereocenters. The predicted molar refractivity (Wildman–Crippen MR) is 107 cm³/mol. The zero-order valence-electron chi connectivity index (χ0n) is 16.7. The van der Waals surface area contributed by atoms with Crippen molar-refractivity contribution in [3.63, 3.8) is 0 Å². The summed E-state index contributed by atoms with van der Waals surface area (Å²) in [5.41, 5.74) is -0.248. The van der Waals surface area contributed by atoms with Crippen LogP contribution in [0.2, 0.25) is 0 Å². The van der Waals surface area contributed by atoms with Gasteiger partial charge in [-0.15, -0.1) is 0 Å². The first-order valence-electron chi connectivity index (χ1n) is 9.63. The zero-order valence-corrected chi connectivity index (χ0v) is 16.7. The number of hydrogen-bond donors (Lipinski definition) is 3. The summed E-state index contributed by atoms with van der Waals surface area (Å²) in [5, 5.41) is 25.4. The van der Waals surface area contributed by atoms with Gasteiger partial charge in [-0.1, -0.05) is 13.8 Å². The van der Waals surface area contributed by atoms with Crippen molar-refractivity contribution in [2.24, 2.45) is 5.41 Å². The van der Waals surface area contributed by atoms with Gasteiger partial charge in [0, 0.05) is 12.1 Å². The molecule has 1 saturated carbocycles. The molecule has 3 rings (SSSR count). The summed E-state index contributed by atoms with van der Waals surface area (Å²) in [6.45, 7) is 3.68. The molecule has 0 radical (unpaired) electrons. The molecule has 1 fully saturated rings. The van der Waals surface area contributed by atoms with Crippen LogP contribution in [0.3, 0.4) is 0 Å². The highest BCUT2D eigenvalue weighted by molar-refractivity contribution is 5.99. The standard InChI is InChI=1S/C21H23F2N5O2/c1-21(2)8-14(4-6-18(21)30)27-19-12(9-24)10-25-20(28-19)26-11-17(29)15-5-3-13(22)7-16(15)23/h3,5,7,10,14,18,30H,4,6,8,11H2,1-2H3,(H2,25,26,27,28)/t14-,18+/m1/s1. The third-order valence-corrected chi connectivity index (χ3v) is 5.35. The molecule has 0 saturated heterocycles. The van der Waals surface area contributed by atoms with Crippen LogP contribution in [-0.4, -0.2) is 39.5 Å².